The third kappa shape index (κ3) is 6.50. The topological polar surface area (TPSA) is 148 Å². The summed E-state index contributed by atoms with van der Waals surface area (Å²) in [6.07, 6.45) is -0.650. The zero-order valence-electron chi connectivity index (χ0n) is 19.2. The van der Waals surface area contributed by atoms with Crippen LogP contribution < -0.4 is 16.4 Å². The molecule has 0 saturated heterocycles. The van der Waals surface area contributed by atoms with E-state index in [0.29, 0.717) is 36.5 Å². The van der Waals surface area contributed by atoms with Crippen molar-refractivity contribution in [2.75, 3.05) is 24.2 Å². The number of hydrogen-bond acceptors (Lipinski definition) is 7. The van der Waals surface area contributed by atoms with Crippen LogP contribution in [0.3, 0.4) is 0 Å². The first-order valence-corrected chi connectivity index (χ1v) is 10.9. The number of nitrogens with one attached hydrogen (secondary N) is 2. The van der Waals surface area contributed by atoms with Crippen LogP contribution in [-0.2, 0) is 12.7 Å². The molecule has 192 valence electrons. The van der Waals surface area contributed by atoms with Crippen molar-refractivity contribution in [3.63, 3.8) is 0 Å². The Balaban J connectivity index is 1.74. The van der Waals surface area contributed by atoms with Crippen LogP contribution in [-0.4, -0.2) is 44.7 Å². The molecule has 3 aromatic rings. The summed E-state index contributed by atoms with van der Waals surface area (Å²) in [5, 5.41) is 25.7. The number of nitrogen functional groups attached to an aromatic ring is 1. The molecule has 0 fully saturated rings. The van der Waals surface area contributed by atoms with E-state index in [9.17, 15) is 33.2 Å². The van der Waals surface area contributed by atoms with Crippen LogP contribution in [0.15, 0.2) is 48.8 Å². The number of aryl methyl sites for hydroxylation is 1. The number of aromatic nitrogens is 2. The first kappa shape index (κ1) is 26.5. The Morgan fingerprint density at radius 1 is 1.22 bits per heavy atom. The number of aliphatic hydroxyl groups is 1. The van der Waals surface area contributed by atoms with Gasteiger partial charge in [0, 0.05) is 43.2 Å². The van der Waals surface area contributed by atoms with E-state index in [1.54, 1.807) is 23.9 Å². The number of benzene rings is 1. The summed E-state index contributed by atoms with van der Waals surface area (Å²) in [5.74, 6) is -0.299. The number of carbonyl (C=O) groups is 1. The molecule has 5 N–H and O–H groups in total. The molecule has 0 radical (unpaired) electrons. The van der Waals surface area contributed by atoms with Gasteiger partial charge in [-0.2, -0.15) is 13.2 Å². The van der Waals surface area contributed by atoms with Gasteiger partial charge in [-0.15, -0.1) is 0 Å². The van der Waals surface area contributed by atoms with Crippen molar-refractivity contribution in [1.82, 2.24) is 14.9 Å². The Morgan fingerprint density at radius 2 is 1.92 bits per heavy atom. The lowest BCUT2D eigenvalue weighted by Gasteiger charge is -2.11. The molecule has 10 nitrogen and oxygen atoms in total. The zero-order chi connectivity index (χ0) is 26.5. The van der Waals surface area contributed by atoms with Crippen molar-refractivity contribution < 1.29 is 28.0 Å². The molecule has 2 aromatic heterocycles. The first-order valence-electron chi connectivity index (χ1n) is 10.9. The molecule has 0 aliphatic carbocycles. The Labute approximate surface area is 204 Å². The molecule has 36 heavy (non-hydrogen) atoms. The molecule has 1 aromatic carbocycles. The van der Waals surface area contributed by atoms with Gasteiger partial charge in [0.15, 0.2) is 0 Å². The van der Waals surface area contributed by atoms with E-state index >= 15 is 0 Å². The number of rotatable bonds is 10. The van der Waals surface area contributed by atoms with Gasteiger partial charge in [-0.05, 0) is 37.1 Å². The summed E-state index contributed by atoms with van der Waals surface area (Å²) in [6, 6.07) is 6.71. The molecule has 2 heterocycles. The molecule has 0 unspecified atom stereocenters. The summed E-state index contributed by atoms with van der Waals surface area (Å²) in [6.45, 7) is 2.24. The van der Waals surface area contributed by atoms with Gasteiger partial charge in [0.2, 0.25) is 5.82 Å². The lowest BCUT2D eigenvalue weighted by molar-refractivity contribution is -0.384. The van der Waals surface area contributed by atoms with Crippen molar-refractivity contribution in [2.45, 2.75) is 32.1 Å². The summed E-state index contributed by atoms with van der Waals surface area (Å²) in [5.41, 5.74) is 5.65. The number of carbonyl (C=O) groups excluding carboxylic acids is 1. The summed E-state index contributed by atoms with van der Waals surface area (Å²) >= 11 is 0. The minimum Gasteiger partial charge on any atom is -0.394 e. The fraction of sp³-hybridized carbons (Fsp3) is 0.304. The second-order valence-corrected chi connectivity index (χ2v) is 8.09. The highest BCUT2D eigenvalue weighted by Crippen LogP contribution is 2.32. The summed E-state index contributed by atoms with van der Waals surface area (Å²) in [4.78, 5) is 26.9. The Hall–Kier alpha value is -4.13. The quantitative estimate of drug-likeness (QED) is 0.186. The fourth-order valence-corrected chi connectivity index (χ4v) is 3.43. The number of anilines is 2. The van der Waals surface area contributed by atoms with E-state index in [0.717, 1.165) is 12.1 Å². The maximum Gasteiger partial charge on any atom is 0.416 e. The smallest absolute Gasteiger partial charge is 0.394 e. The molecular formula is C23H25F3N6O4. The van der Waals surface area contributed by atoms with Gasteiger partial charge in [0.05, 0.1) is 22.7 Å². The van der Waals surface area contributed by atoms with Gasteiger partial charge in [-0.1, -0.05) is 12.1 Å². The monoisotopic (exact) mass is 506 g/mol. The standard InChI is InChI=1S/C23H25F3N6O4/c1-14(13-33)29-22(34)18-12-31(11-17(18)15-3-5-16(6-4-15)23(24,25)26)10-2-9-28-20-8-7-19(32(35)36)21(27)30-20/h3-8,11-12,14,33H,2,9-10,13H2,1H3,(H,29,34)(H3,27,28,30)/t14-/m1/s1. The predicted octanol–water partition coefficient (Wildman–Crippen LogP) is 3.67. The Morgan fingerprint density at radius 3 is 2.50 bits per heavy atom. The normalized spacial score (nSPS) is 12.2. The summed E-state index contributed by atoms with van der Waals surface area (Å²) in [7, 11) is 0. The molecule has 0 bridgehead atoms. The highest BCUT2D eigenvalue weighted by molar-refractivity contribution is 6.01. The minimum absolute atomic E-state index is 0.204. The van der Waals surface area contributed by atoms with Crippen LogP contribution in [0.5, 0.6) is 0 Å². The molecule has 0 aliphatic heterocycles. The molecule has 3 rings (SSSR count). The third-order valence-corrected chi connectivity index (χ3v) is 5.30. The average Bonchev–Trinajstić information content (AvgIpc) is 3.25. The number of alkyl halides is 3. The largest absolute Gasteiger partial charge is 0.416 e. The minimum atomic E-state index is -4.47. The number of nitro groups is 1. The Bertz CT molecular complexity index is 1230. The SMILES string of the molecule is C[C@H](CO)NC(=O)c1cn(CCCNc2ccc([N+](=O)[O-])c(N)n2)cc1-c1ccc(C(F)(F)F)cc1. The van der Waals surface area contributed by atoms with E-state index in [2.05, 4.69) is 15.6 Å². The molecular weight excluding hydrogens is 481 g/mol. The molecule has 0 saturated carbocycles. The second-order valence-electron chi connectivity index (χ2n) is 8.09. The van der Waals surface area contributed by atoms with Crippen molar-refractivity contribution in [1.29, 1.82) is 0 Å². The van der Waals surface area contributed by atoms with Crippen LogP contribution >= 0.6 is 0 Å². The lowest BCUT2D eigenvalue weighted by Crippen LogP contribution is -2.35. The Kier molecular flexibility index (Phi) is 8.14. The van der Waals surface area contributed by atoms with Gasteiger partial charge in [-0.25, -0.2) is 4.98 Å². The van der Waals surface area contributed by atoms with Crippen molar-refractivity contribution in [2.24, 2.45) is 0 Å². The number of pyridine rings is 1. The first-order chi connectivity index (χ1) is 17.0. The molecule has 1 atom stereocenters. The van der Waals surface area contributed by atoms with Crippen LogP contribution in [0, 0.1) is 10.1 Å². The maximum absolute atomic E-state index is 12.9. The number of hydrogen-bond donors (Lipinski definition) is 4. The average molecular weight is 506 g/mol. The van der Waals surface area contributed by atoms with E-state index in [4.69, 9.17) is 5.73 Å². The van der Waals surface area contributed by atoms with Gasteiger partial charge < -0.3 is 26.0 Å². The number of nitrogens with two attached hydrogens (primary N) is 1. The fourth-order valence-electron chi connectivity index (χ4n) is 3.43. The molecule has 1 amide bonds. The van der Waals surface area contributed by atoms with E-state index in [-0.39, 0.29) is 23.7 Å². The predicted molar refractivity (Wildman–Crippen MR) is 127 cm³/mol. The van der Waals surface area contributed by atoms with E-state index in [1.807, 2.05) is 0 Å². The number of halogens is 3. The highest BCUT2D eigenvalue weighted by atomic mass is 19.4. The highest BCUT2D eigenvalue weighted by Gasteiger charge is 2.30. The second kappa shape index (κ2) is 11.1. The van der Waals surface area contributed by atoms with Gasteiger partial charge in [0.25, 0.3) is 5.91 Å². The van der Waals surface area contributed by atoms with Gasteiger partial charge in [-0.3, -0.25) is 14.9 Å². The third-order valence-electron chi connectivity index (χ3n) is 5.30. The van der Waals surface area contributed by atoms with E-state index < -0.39 is 28.6 Å². The number of aliphatic hydroxyl groups excluding tert-OH is 1. The maximum atomic E-state index is 12.9. The van der Waals surface area contributed by atoms with Crippen molar-refractivity contribution >= 4 is 23.2 Å². The molecule has 13 heteroatoms. The van der Waals surface area contributed by atoms with E-state index in [1.165, 1.54) is 24.3 Å². The van der Waals surface area contributed by atoms with Gasteiger partial charge in [0.1, 0.15) is 5.82 Å². The van der Waals surface area contributed by atoms with Gasteiger partial charge >= 0.3 is 11.9 Å². The van der Waals surface area contributed by atoms with Crippen LogP contribution in [0.2, 0.25) is 0 Å². The van der Waals surface area contributed by atoms with Crippen molar-refractivity contribution in [3.8, 4) is 11.1 Å². The summed E-state index contributed by atoms with van der Waals surface area (Å²) < 4.78 is 40.6. The lowest BCUT2D eigenvalue weighted by atomic mass is 10.0. The zero-order valence-corrected chi connectivity index (χ0v) is 19.2. The van der Waals surface area contributed by atoms with Crippen LogP contribution in [0.25, 0.3) is 11.1 Å². The van der Waals surface area contributed by atoms with Crippen molar-refractivity contribution in [3.05, 3.63) is 70.0 Å². The van der Waals surface area contributed by atoms with Crippen LogP contribution in [0.4, 0.5) is 30.5 Å². The molecule has 0 aliphatic rings. The number of nitrogens with zero attached hydrogens (tertiary/aromatic N) is 3. The van der Waals surface area contributed by atoms with Crippen LogP contribution in [0.1, 0.15) is 29.3 Å². The number of amides is 1. The molecule has 0 spiro atoms.